The van der Waals surface area contributed by atoms with Crippen LogP contribution >= 0.6 is 0 Å². The van der Waals surface area contributed by atoms with Gasteiger partial charge >= 0.3 is 0 Å². The molecule has 0 unspecified atom stereocenters. The number of aromatic nitrogens is 3. The number of nitrogens with zero attached hydrogens (tertiary/aromatic N) is 2. The summed E-state index contributed by atoms with van der Waals surface area (Å²) in [6, 6.07) is 0. The number of aryl methyl sites for hydroxylation is 2. The van der Waals surface area contributed by atoms with Crippen LogP contribution in [-0.4, -0.2) is 21.1 Å². The molecule has 0 radical (unpaired) electrons. The molecule has 2 aromatic heterocycles. The Kier molecular flexibility index (Phi) is 2.82. The van der Waals surface area contributed by atoms with Gasteiger partial charge in [-0.15, -0.1) is 0 Å². The van der Waals surface area contributed by atoms with Crippen LogP contribution in [0.3, 0.4) is 0 Å². The molecule has 7 heteroatoms. The van der Waals surface area contributed by atoms with E-state index in [1.165, 1.54) is 6.20 Å². The Morgan fingerprint density at radius 2 is 2.35 bits per heavy atom. The monoisotopic (exact) mass is 235 g/mol. The summed E-state index contributed by atoms with van der Waals surface area (Å²) in [4.78, 5) is 15.8. The molecule has 0 spiro atoms. The number of nitrogens with two attached hydrogens (primary N) is 1. The smallest absolute Gasteiger partial charge is 0.271 e. The highest BCUT2D eigenvalue weighted by atomic mass is 16.4. The Hall–Kier alpha value is -2.31. The summed E-state index contributed by atoms with van der Waals surface area (Å²) < 4.78 is 5.33. The molecule has 0 saturated heterocycles. The second-order valence-electron chi connectivity index (χ2n) is 3.63. The first-order valence-electron chi connectivity index (χ1n) is 5.08. The van der Waals surface area contributed by atoms with Gasteiger partial charge in [0.25, 0.3) is 5.91 Å². The number of nitrogens with one attached hydrogen (secondary N) is 2. The lowest BCUT2D eigenvalue weighted by molar-refractivity contribution is 0.0943. The van der Waals surface area contributed by atoms with Crippen molar-refractivity contribution in [2.45, 2.75) is 20.4 Å². The minimum atomic E-state index is -0.339. The molecule has 0 aliphatic heterocycles. The van der Waals surface area contributed by atoms with Crippen molar-refractivity contribution in [1.82, 2.24) is 20.5 Å². The first-order valence-corrected chi connectivity index (χ1v) is 5.08. The fourth-order valence-corrected chi connectivity index (χ4v) is 1.34. The van der Waals surface area contributed by atoms with E-state index in [2.05, 4.69) is 20.5 Å². The van der Waals surface area contributed by atoms with Gasteiger partial charge in [0, 0.05) is 0 Å². The number of oxazole rings is 1. The summed E-state index contributed by atoms with van der Waals surface area (Å²) in [6.07, 6.45) is 1.38. The number of hydrogen-bond acceptors (Lipinski definition) is 5. The average molecular weight is 235 g/mol. The summed E-state index contributed by atoms with van der Waals surface area (Å²) >= 11 is 0. The standard InChI is InChI=1S/C10H13N5O2/c1-5-6(2)17-8(14-5)4-12-10(16)9-7(11)3-13-15-9/h3H,4,11H2,1-2H3,(H,12,16)(H,13,15). The Morgan fingerprint density at radius 3 is 2.88 bits per heavy atom. The van der Waals surface area contributed by atoms with Crippen molar-refractivity contribution in [3.8, 4) is 0 Å². The molecule has 7 nitrogen and oxygen atoms in total. The molecular formula is C10H13N5O2. The molecule has 4 N–H and O–H groups in total. The van der Waals surface area contributed by atoms with Crippen molar-refractivity contribution in [3.63, 3.8) is 0 Å². The third-order valence-electron chi connectivity index (χ3n) is 2.37. The third-order valence-corrected chi connectivity index (χ3v) is 2.37. The van der Waals surface area contributed by atoms with Crippen LogP contribution in [0.1, 0.15) is 27.8 Å². The zero-order chi connectivity index (χ0) is 12.4. The highest BCUT2D eigenvalue weighted by Gasteiger charge is 2.13. The normalized spacial score (nSPS) is 10.5. The van der Waals surface area contributed by atoms with Crippen LogP contribution in [0.5, 0.6) is 0 Å². The van der Waals surface area contributed by atoms with Crippen LogP contribution in [-0.2, 0) is 6.54 Å². The molecule has 0 saturated carbocycles. The van der Waals surface area contributed by atoms with E-state index in [0.717, 1.165) is 11.5 Å². The van der Waals surface area contributed by atoms with Gasteiger partial charge < -0.3 is 15.5 Å². The van der Waals surface area contributed by atoms with Crippen molar-refractivity contribution in [1.29, 1.82) is 0 Å². The molecule has 2 heterocycles. The summed E-state index contributed by atoms with van der Waals surface area (Å²) in [5.74, 6) is 0.871. The minimum absolute atomic E-state index is 0.214. The second-order valence-corrected chi connectivity index (χ2v) is 3.63. The summed E-state index contributed by atoms with van der Waals surface area (Å²) in [6.45, 7) is 3.88. The fraction of sp³-hybridized carbons (Fsp3) is 0.300. The molecule has 0 aliphatic rings. The molecule has 17 heavy (non-hydrogen) atoms. The lowest BCUT2D eigenvalue weighted by Crippen LogP contribution is -2.24. The molecule has 2 aromatic rings. The van der Waals surface area contributed by atoms with E-state index < -0.39 is 0 Å². The maximum Gasteiger partial charge on any atom is 0.271 e. The van der Waals surface area contributed by atoms with Gasteiger partial charge in [0.05, 0.1) is 24.1 Å². The molecule has 0 bridgehead atoms. The van der Waals surface area contributed by atoms with Crippen molar-refractivity contribution >= 4 is 11.6 Å². The lowest BCUT2D eigenvalue weighted by Gasteiger charge is -2.00. The maximum atomic E-state index is 11.7. The summed E-state index contributed by atoms with van der Waals surface area (Å²) in [5, 5.41) is 8.82. The largest absolute Gasteiger partial charge is 0.444 e. The number of amides is 1. The van der Waals surface area contributed by atoms with E-state index in [1.807, 2.05) is 13.8 Å². The van der Waals surface area contributed by atoms with Crippen molar-refractivity contribution in [2.75, 3.05) is 5.73 Å². The van der Waals surface area contributed by atoms with Crippen molar-refractivity contribution < 1.29 is 9.21 Å². The lowest BCUT2D eigenvalue weighted by atomic mass is 10.3. The minimum Gasteiger partial charge on any atom is -0.444 e. The Morgan fingerprint density at radius 1 is 1.59 bits per heavy atom. The molecule has 0 aromatic carbocycles. The molecule has 0 atom stereocenters. The predicted octanol–water partition coefficient (Wildman–Crippen LogP) is 0.527. The van der Waals surface area contributed by atoms with Crippen molar-refractivity contribution in [3.05, 3.63) is 29.2 Å². The van der Waals surface area contributed by atoms with Crippen molar-refractivity contribution in [2.24, 2.45) is 0 Å². The number of rotatable bonds is 3. The predicted molar refractivity (Wildman–Crippen MR) is 60.1 cm³/mol. The SMILES string of the molecule is Cc1nc(CNC(=O)c2[nH]ncc2N)oc1C. The highest BCUT2D eigenvalue weighted by Crippen LogP contribution is 2.09. The number of carbonyl (C=O) groups excluding carboxylic acids is 1. The number of H-pyrrole nitrogens is 1. The molecule has 1 amide bonds. The van der Waals surface area contributed by atoms with Gasteiger partial charge in [-0.3, -0.25) is 9.89 Å². The third kappa shape index (κ3) is 2.27. The van der Waals surface area contributed by atoms with Gasteiger partial charge in [-0.05, 0) is 13.8 Å². The van der Waals surface area contributed by atoms with Crippen LogP contribution < -0.4 is 11.1 Å². The Labute approximate surface area is 97.4 Å². The molecule has 0 aliphatic carbocycles. The van der Waals surface area contributed by atoms with Gasteiger partial charge in [0.15, 0.2) is 0 Å². The van der Waals surface area contributed by atoms with E-state index in [1.54, 1.807) is 0 Å². The number of hydrogen-bond donors (Lipinski definition) is 3. The van der Waals surface area contributed by atoms with Gasteiger partial charge in [-0.2, -0.15) is 5.10 Å². The van der Waals surface area contributed by atoms with Crippen LogP contribution in [0.25, 0.3) is 0 Å². The van der Waals surface area contributed by atoms with E-state index in [-0.39, 0.29) is 18.1 Å². The Balaban J connectivity index is 1.99. The van der Waals surface area contributed by atoms with Gasteiger partial charge in [0.2, 0.25) is 5.89 Å². The number of nitrogen functional groups attached to an aromatic ring is 1. The molecule has 90 valence electrons. The average Bonchev–Trinajstić information content (AvgIpc) is 2.83. The first kappa shape index (κ1) is 11.2. The van der Waals surface area contributed by atoms with Gasteiger partial charge in [0.1, 0.15) is 11.5 Å². The number of anilines is 1. The number of carbonyl (C=O) groups is 1. The van der Waals surface area contributed by atoms with Crippen LogP contribution in [0.15, 0.2) is 10.6 Å². The zero-order valence-corrected chi connectivity index (χ0v) is 9.57. The maximum absolute atomic E-state index is 11.7. The topological polar surface area (TPSA) is 110 Å². The van der Waals surface area contributed by atoms with E-state index in [4.69, 9.17) is 10.2 Å². The molecule has 2 rings (SSSR count). The van der Waals surface area contributed by atoms with E-state index >= 15 is 0 Å². The van der Waals surface area contributed by atoms with E-state index in [0.29, 0.717) is 11.6 Å². The second kappa shape index (κ2) is 4.28. The van der Waals surface area contributed by atoms with E-state index in [9.17, 15) is 4.79 Å². The summed E-state index contributed by atoms with van der Waals surface area (Å²) in [7, 11) is 0. The summed E-state index contributed by atoms with van der Waals surface area (Å²) in [5.41, 5.74) is 6.91. The quantitative estimate of drug-likeness (QED) is 0.718. The molecular weight excluding hydrogens is 222 g/mol. The van der Waals surface area contributed by atoms with Crippen LogP contribution in [0.2, 0.25) is 0 Å². The molecule has 0 fully saturated rings. The van der Waals surface area contributed by atoms with Crippen LogP contribution in [0, 0.1) is 13.8 Å². The zero-order valence-electron chi connectivity index (χ0n) is 9.57. The van der Waals surface area contributed by atoms with Crippen LogP contribution in [0.4, 0.5) is 5.69 Å². The number of aromatic amines is 1. The first-order chi connectivity index (χ1) is 8.08. The Bertz CT molecular complexity index is 523. The fourth-order valence-electron chi connectivity index (χ4n) is 1.34. The highest BCUT2D eigenvalue weighted by molar-refractivity contribution is 5.96. The van der Waals surface area contributed by atoms with Gasteiger partial charge in [-0.1, -0.05) is 0 Å². The van der Waals surface area contributed by atoms with Gasteiger partial charge in [-0.25, -0.2) is 4.98 Å².